The molecule has 1 fully saturated rings. The number of nitrogens with zero attached hydrogens (tertiary/aromatic N) is 2. The van der Waals surface area contributed by atoms with Crippen LogP contribution in [0.2, 0.25) is 0 Å². The van der Waals surface area contributed by atoms with Gasteiger partial charge in [-0.15, -0.1) is 0 Å². The Labute approximate surface area is 182 Å². The number of carbonyl (C=O) groups excluding carboxylic acids is 2. The average Bonchev–Trinajstić information content (AvgIpc) is 3.14. The Kier molecular flexibility index (Phi) is 5.85. The van der Waals surface area contributed by atoms with E-state index in [0.717, 1.165) is 18.4 Å². The van der Waals surface area contributed by atoms with Crippen LogP contribution in [0.1, 0.15) is 42.1 Å². The molecule has 2 aromatic rings. The fraction of sp³-hybridized carbons (Fsp3) is 0.391. The van der Waals surface area contributed by atoms with Crippen LogP contribution in [0.25, 0.3) is 0 Å². The number of amides is 2. The first kappa shape index (κ1) is 21.5. The maximum absolute atomic E-state index is 13.4. The van der Waals surface area contributed by atoms with Crippen LogP contribution < -0.4 is 4.90 Å². The molecule has 2 aliphatic heterocycles. The Balaban J connectivity index is 1.61. The molecular weight excluding hydrogens is 416 g/mol. The molecule has 1 saturated heterocycles. The van der Waals surface area contributed by atoms with Gasteiger partial charge in [0.25, 0.3) is 16.0 Å². The first-order valence-electron chi connectivity index (χ1n) is 10.5. The van der Waals surface area contributed by atoms with Gasteiger partial charge in [0.05, 0.1) is 22.3 Å². The molecule has 0 spiro atoms. The summed E-state index contributed by atoms with van der Waals surface area (Å²) in [7, 11) is -4.00. The lowest BCUT2D eigenvalue weighted by atomic mass is 10.1. The van der Waals surface area contributed by atoms with Gasteiger partial charge in [0.15, 0.2) is 0 Å². The summed E-state index contributed by atoms with van der Waals surface area (Å²) in [5.74, 6) is -0.461. The Hall–Kier alpha value is -2.71. The van der Waals surface area contributed by atoms with E-state index in [1.165, 1.54) is 17.0 Å². The van der Waals surface area contributed by atoms with Gasteiger partial charge >= 0.3 is 0 Å². The molecule has 2 amide bonds. The number of benzene rings is 2. The highest BCUT2D eigenvalue weighted by Crippen LogP contribution is 2.34. The average molecular weight is 443 g/mol. The molecule has 2 atom stereocenters. The van der Waals surface area contributed by atoms with Crippen LogP contribution in [0.4, 0.5) is 5.69 Å². The standard InChI is InChI=1S/C23H26N2O5S/c1-3-4-13-24-20-8-6-5-7-19(20)22(26)25-15-17(14-21(25)23(24)27)30-31(28,29)18-11-9-16(2)10-12-18/h5-12,17,21H,3-4,13-15H2,1-2H3/t17-,21+/m1/s1. The first-order chi connectivity index (χ1) is 14.8. The van der Waals surface area contributed by atoms with E-state index in [1.807, 2.05) is 19.9 Å². The number of hydrogen-bond acceptors (Lipinski definition) is 5. The predicted molar refractivity (Wildman–Crippen MR) is 116 cm³/mol. The lowest BCUT2D eigenvalue weighted by Crippen LogP contribution is -2.45. The fourth-order valence-corrected chi connectivity index (χ4v) is 5.23. The van der Waals surface area contributed by atoms with Crippen LogP contribution in [-0.4, -0.2) is 50.4 Å². The number of hydrogen-bond donors (Lipinski definition) is 0. The number of aryl methyl sites for hydroxylation is 1. The van der Waals surface area contributed by atoms with E-state index >= 15 is 0 Å². The summed E-state index contributed by atoms with van der Waals surface area (Å²) in [5.41, 5.74) is 2.01. The van der Waals surface area contributed by atoms with Gasteiger partial charge in [0, 0.05) is 19.5 Å². The summed E-state index contributed by atoms with van der Waals surface area (Å²) in [6.45, 7) is 4.48. The molecule has 0 radical (unpaired) electrons. The highest BCUT2D eigenvalue weighted by molar-refractivity contribution is 7.86. The van der Waals surface area contributed by atoms with E-state index in [1.54, 1.807) is 35.2 Å². The molecule has 0 unspecified atom stereocenters. The van der Waals surface area contributed by atoms with E-state index in [9.17, 15) is 18.0 Å². The minimum atomic E-state index is -4.00. The van der Waals surface area contributed by atoms with Crippen molar-refractivity contribution in [2.45, 2.75) is 50.2 Å². The third kappa shape index (κ3) is 4.09. The second kappa shape index (κ2) is 8.43. The van der Waals surface area contributed by atoms with Crippen molar-refractivity contribution in [3.63, 3.8) is 0 Å². The zero-order valence-corrected chi connectivity index (χ0v) is 18.5. The monoisotopic (exact) mass is 442 g/mol. The van der Waals surface area contributed by atoms with E-state index in [4.69, 9.17) is 4.18 Å². The highest BCUT2D eigenvalue weighted by Gasteiger charge is 2.46. The molecule has 8 heteroatoms. The van der Waals surface area contributed by atoms with Gasteiger partial charge in [-0.1, -0.05) is 43.2 Å². The summed E-state index contributed by atoms with van der Waals surface area (Å²) >= 11 is 0. The molecule has 0 N–H and O–H groups in total. The Bertz CT molecular complexity index is 1100. The van der Waals surface area contributed by atoms with Gasteiger partial charge in [-0.25, -0.2) is 0 Å². The van der Waals surface area contributed by atoms with Crippen molar-refractivity contribution in [3.8, 4) is 0 Å². The maximum atomic E-state index is 13.4. The number of carbonyl (C=O) groups is 2. The molecule has 0 bridgehead atoms. The summed E-state index contributed by atoms with van der Waals surface area (Å²) in [5, 5.41) is 0. The lowest BCUT2D eigenvalue weighted by molar-refractivity contribution is -0.122. The quantitative estimate of drug-likeness (QED) is 0.642. The SMILES string of the molecule is CCCCN1C(=O)[C@@H]2C[C@@H](OS(=O)(=O)c3ccc(C)cc3)CN2C(=O)c2ccccc21. The van der Waals surface area contributed by atoms with E-state index in [-0.39, 0.29) is 29.7 Å². The first-order valence-corrected chi connectivity index (χ1v) is 11.9. The Morgan fingerprint density at radius 1 is 1.06 bits per heavy atom. The molecule has 4 rings (SSSR count). The van der Waals surface area contributed by atoms with Crippen molar-refractivity contribution >= 4 is 27.6 Å². The van der Waals surface area contributed by atoms with Crippen LogP contribution >= 0.6 is 0 Å². The van der Waals surface area contributed by atoms with Gasteiger partial charge in [-0.3, -0.25) is 13.8 Å². The largest absolute Gasteiger partial charge is 0.324 e. The van der Waals surface area contributed by atoms with Crippen LogP contribution in [-0.2, 0) is 19.1 Å². The van der Waals surface area contributed by atoms with E-state index in [2.05, 4.69) is 0 Å². The van der Waals surface area contributed by atoms with Crippen LogP contribution in [0.5, 0.6) is 0 Å². The van der Waals surface area contributed by atoms with E-state index < -0.39 is 22.3 Å². The van der Waals surface area contributed by atoms with Crippen molar-refractivity contribution in [2.24, 2.45) is 0 Å². The van der Waals surface area contributed by atoms with Crippen molar-refractivity contribution in [3.05, 3.63) is 59.7 Å². The van der Waals surface area contributed by atoms with E-state index in [0.29, 0.717) is 17.8 Å². The van der Waals surface area contributed by atoms with Crippen LogP contribution in [0, 0.1) is 6.92 Å². The molecule has 0 saturated carbocycles. The number of rotatable bonds is 6. The van der Waals surface area contributed by atoms with Crippen LogP contribution in [0.15, 0.2) is 53.4 Å². The Morgan fingerprint density at radius 3 is 2.48 bits per heavy atom. The Morgan fingerprint density at radius 2 is 1.77 bits per heavy atom. The number of anilines is 1. The molecule has 164 valence electrons. The predicted octanol–water partition coefficient (Wildman–Crippen LogP) is 3.13. The molecular formula is C23H26N2O5S. The van der Waals surface area contributed by atoms with Gasteiger partial charge < -0.3 is 9.80 Å². The summed E-state index contributed by atoms with van der Waals surface area (Å²) in [4.78, 5) is 29.8. The fourth-order valence-electron chi connectivity index (χ4n) is 4.16. The molecule has 31 heavy (non-hydrogen) atoms. The molecule has 2 heterocycles. The molecule has 0 aliphatic carbocycles. The number of fused-ring (bicyclic) bond motifs is 2. The molecule has 7 nitrogen and oxygen atoms in total. The second-order valence-electron chi connectivity index (χ2n) is 8.06. The van der Waals surface area contributed by atoms with Crippen molar-refractivity contribution in [1.82, 2.24) is 4.90 Å². The summed E-state index contributed by atoms with van der Waals surface area (Å²) in [6, 6.07) is 12.7. The summed E-state index contributed by atoms with van der Waals surface area (Å²) in [6.07, 6.45) is 1.09. The van der Waals surface area contributed by atoms with Gasteiger partial charge in [0.2, 0.25) is 5.91 Å². The minimum absolute atomic E-state index is 0.0519. The van der Waals surface area contributed by atoms with Gasteiger partial charge in [-0.05, 0) is 37.6 Å². The number of unbranched alkanes of at least 4 members (excludes halogenated alkanes) is 1. The van der Waals surface area contributed by atoms with Crippen molar-refractivity contribution in [2.75, 3.05) is 18.0 Å². The third-order valence-electron chi connectivity index (χ3n) is 5.81. The topological polar surface area (TPSA) is 84.0 Å². The van der Waals surface area contributed by atoms with Crippen LogP contribution in [0.3, 0.4) is 0 Å². The van der Waals surface area contributed by atoms with Gasteiger partial charge in [-0.2, -0.15) is 8.42 Å². The minimum Gasteiger partial charge on any atom is -0.324 e. The second-order valence-corrected chi connectivity index (χ2v) is 9.63. The maximum Gasteiger partial charge on any atom is 0.297 e. The normalized spacial score (nSPS) is 21.1. The molecule has 2 aromatic carbocycles. The highest BCUT2D eigenvalue weighted by atomic mass is 32.2. The third-order valence-corrected chi connectivity index (χ3v) is 7.18. The lowest BCUT2D eigenvalue weighted by Gasteiger charge is -2.25. The smallest absolute Gasteiger partial charge is 0.297 e. The summed E-state index contributed by atoms with van der Waals surface area (Å²) < 4.78 is 30.9. The van der Waals surface area contributed by atoms with Gasteiger partial charge in [0.1, 0.15) is 6.04 Å². The number of para-hydroxylation sites is 1. The molecule has 0 aromatic heterocycles. The zero-order valence-electron chi connectivity index (χ0n) is 17.7. The molecule has 2 aliphatic rings. The van der Waals surface area contributed by atoms with Crippen molar-refractivity contribution < 1.29 is 22.2 Å². The zero-order chi connectivity index (χ0) is 22.2. The van der Waals surface area contributed by atoms with Crippen molar-refractivity contribution in [1.29, 1.82) is 0 Å².